The number of nitrogens with zero attached hydrogens (tertiary/aromatic N) is 2. The van der Waals surface area contributed by atoms with Gasteiger partial charge in [-0.3, -0.25) is 9.59 Å². The molecule has 0 atom stereocenters. The Kier molecular flexibility index (Phi) is 6.41. The molecule has 1 aromatic heterocycles. The van der Waals surface area contributed by atoms with E-state index in [4.69, 9.17) is 0 Å². The zero-order chi connectivity index (χ0) is 21.8. The van der Waals surface area contributed by atoms with Crippen LogP contribution in [0, 0.1) is 31.1 Å². The molecule has 156 valence electrons. The van der Waals surface area contributed by atoms with Crippen LogP contribution in [0.15, 0.2) is 35.9 Å². The lowest BCUT2D eigenvalue weighted by Crippen LogP contribution is -2.27. The van der Waals surface area contributed by atoms with E-state index in [0.717, 1.165) is 36.3 Å². The molecule has 0 unspecified atom stereocenters. The normalized spacial score (nSPS) is 13.8. The van der Waals surface area contributed by atoms with Crippen LogP contribution < -0.4 is 10.6 Å². The van der Waals surface area contributed by atoms with Gasteiger partial charge in [0, 0.05) is 24.0 Å². The molecule has 6 heteroatoms. The Hall–Kier alpha value is -3.33. The lowest BCUT2D eigenvalue weighted by Gasteiger charge is -2.12. The standard InChI is InChI=1S/C24H28N4O2/c1-15(2)14-28-16(3)11-18(17(28)4)12-19(13-25)23(29)27-22-8-6-5-7-21(22)24(30)26-20-9-10-20/h5-8,11-12,15,20H,9-10,14H2,1-4H3,(H,26,30)(H,27,29)/b19-12+. The number of hydrogen-bond acceptors (Lipinski definition) is 3. The topological polar surface area (TPSA) is 86.9 Å². The number of amides is 2. The Morgan fingerprint density at radius 2 is 1.97 bits per heavy atom. The average Bonchev–Trinajstić information content (AvgIpc) is 3.48. The van der Waals surface area contributed by atoms with Crippen molar-refractivity contribution >= 4 is 23.6 Å². The molecule has 0 saturated heterocycles. The number of nitriles is 1. The SMILES string of the molecule is Cc1cc(/C=C(\C#N)C(=O)Nc2ccccc2C(=O)NC2CC2)c(C)n1CC(C)C. The van der Waals surface area contributed by atoms with Gasteiger partial charge in [-0.25, -0.2) is 0 Å². The first-order chi connectivity index (χ1) is 14.3. The van der Waals surface area contributed by atoms with Crippen molar-refractivity contribution in [3.8, 4) is 6.07 Å². The highest BCUT2D eigenvalue weighted by Crippen LogP contribution is 2.23. The summed E-state index contributed by atoms with van der Waals surface area (Å²) in [5, 5.41) is 15.2. The fourth-order valence-electron chi connectivity index (χ4n) is 3.39. The van der Waals surface area contributed by atoms with Crippen molar-refractivity contribution in [2.45, 2.75) is 53.1 Å². The Morgan fingerprint density at radius 1 is 1.27 bits per heavy atom. The van der Waals surface area contributed by atoms with Crippen LogP contribution in [0.2, 0.25) is 0 Å². The number of para-hydroxylation sites is 1. The maximum Gasteiger partial charge on any atom is 0.266 e. The number of hydrogen-bond donors (Lipinski definition) is 2. The van der Waals surface area contributed by atoms with Crippen LogP contribution in [0.1, 0.15) is 54.0 Å². The minimum absolute atomic E-state index is 0.00259. The van der Waals surface area contributed by atoms with Crippen molar-refractivity contribution in [2.75, 3.05) is 5.32 Å². The molecule has 1 aliphatic rings. The minimum Gasteiger partial charge on any atom is -0.349 e. The molecular formula is C24H28N4O2. The Bertz CT molecular complexity index is 1040. The van der Waals surface area contributed by atoms with Crippen LogP contribution in [-0.4, -0.2) is 22.4 Å². The van der Waals surface area contributed by atoms with Crippen LogP contribution in [0.25, 0.3) is 6.08 Å². The van der Waals surface area contributed by atoms with Gasteiger partial charge in [-0.2, -0.15) is 5.26 Å². The second kappa shape index (κ2) is 9.00. The fourth-order valence-corrected chi connectivity index (χ4v) is 3.39. The minimum atomic E-state index is -0.530. The van der Waals surface area contributed by atoms with E-state index in [2.05, 4.69) is 29.0 Å². The van der Waals surface area contributed by atoms with Crippen LogP contribution in [0.5, 0.6) is 0 Å². The molecule has 30 heavy (non-hydrogen) atoms. The summed E-state index contributed by atoms with van der Waals surface area (Å²) in [6.45, 7) is 9.20. The summed E-state index contributed by atoms with van der Waals surface area (Å²) in [5.74, 6) is -0.255. The third kappa shape index (κ3) is 4.98. The second-order valence-corrected chi connectivity index (χ2v) is 8.25. The number of benzene rings is 1. The molecule has 1 fully saturated rings. The van der Waals surface area contributed by atoms with E-state index in [1.54, 1.807) is 30.3 Å². The largest absolute Gasteiger partial charge is 0.349 e. The first-order valence-electron chi connectivity index (χ1n) is 10.3. The molecule has 3 rings (SSSR count). The smallest absolute Gasteiger partial charge is 0.266 e. The summed E-state index contributed by atoms with van der Waals surface area (Å²) in [5.41, 5.74) is 3.74. The predicted octanol–water partition coefficient (Wildman–Crippen LogP) is 4.20. The number of rotatable bonds is 7. The van der Waals surface area contributed by atoms with Crippen molar-refractivity contribution in [3.05, 3.63) is 58.4 Å². The summed E-state index contributed by atoms with van der Waals surface area (Å²) < 4.78 is 2.20. The number of carbonyl (C=O) groups is 2. The van der Waals surface area contributed by atoms with E-state index >= 15 is 0 Å². The zero-order valence-electron chi connectivity index (χ0n) is 18.0. The van der Waals surface area contributed by atoms with Gasteiger partial charge < -0.3 is 15.2 Å². The van der Waals surface area contributed by atoms with Crippen molar-refractivity contribution in [3.63, 3.8) is 0 Å². The maximum absolute atomic E-state index is 12.8. The molecule has 0 radical (unpaired) electrons. The van der Waals surface area contributed by atoms with Crippen molar-refractivity contribution in [2.24, 2.45) is 5.92 Å². The molecule has 6 nitrogen and oxygen atoms in total. The number of aryl methyl sites for hydroxylation is 1. The van der Waals surface area contributed by atoms with E-state index in [-0.39, 0.29) is 17.5 Å². The Balaban J connectivity index is 1.83. The third-order valence-corrected chi connectivity index (χ3v) is 5.16. The molecule has 0 spiro atoms. The molecule has 1 aromatic carbocycles. The maximum atomic E-state index is 12.8. The quantitative estimate of drug-likeness (QED) is 0.536. The van der Waals surface area contributed by atoms with Gasteiger partial charge in [-0.05, 0) is 62.4 Å². The second-order valence-electron chi connectivity index (χ2n) is 8.25. The van der Waals surface area contributed by atoms with Gasteiger partial charge in [0.15, 0.2) is 0 Å². The first kappa shape index (κ1) is 21.4. The molecule has 0 bridgehead atoms. The molecule has 1 aliphatic carbocycles. The average molecular weight is 405 g/mol. The molecule has 1 saturated carbocycles. The molecular weight excluding hydrogens is 376 g/mol. The molecule has 1 heterocycles. The van der Waals surface area contributed by atoms with Gasteiger partial charge in [0.1, 0.15) is 11.6 Å². The van der Waals surface area contributed by atoms with E-state index in [0.29, 0.717) is 17.2 Å². The summed E-state index contributed by atoms with van der Waals surface area (Å²) in [6.07, 6.45) is 3.58. The van der Waals surface area contributed by atoms with Crippen LogP contribution in [0.3, 0.4) is 0 Å². The van der Waals surface area contributed by atoms with Gasteiger partial charge in [0.25, 0.3) is 11.8 Å². The van der Waals surface area contributed by atoms with Gasteiger partial charge in [-0.1, -0.05) is 26.0 Å². The number of anilines is 1. The molecule has 2 N–H and O–H groups in total. The van der Waals surface area contributed by atoms with E-state index in [9.17, 15) is 14.9 Å². The highest BCUT2D eigenvalue weighted by molar-refractivity contribution is 6.12. The fraction of sp³-hybridized carbons (Fsp3) is 0.375. The van der Waals surface area contributed by atoms with Crippen molar-refractivity contribution < 1.29 is 9.59 Å². The third-order valence-electron chi connectivity index (χ3n) is 5.16. The Morgan fingerprint density at radius 3 is 2.60 bits per heavy atom. The Labute approximate surface area is 177 Å². The van der Waals surface area contributed by atoms with E-state index < -0.39 is 5.91 Å². The first-order valence-corrected chi connectivity index (χ1v) is 10.3. The molecule has 2 aromatic rings. The number of nitrogens with one attached hydrogen (secondary N) is 2. The van der Waals surface area contributed by atoms with Gasteiger partial charge in [0.2, 0.25) is 0 Å². The number of aromatic nitrogens is 1. The van der Waals surface area contributed by atoms with E-state index in [1.165, 1.54) is 0 Å². The van der Waals surface area contributed by atoms with Gasteiger partial charge in [-0.15, -0.1) is 0 Å². The highest BCUT2D eigenvalue weighted by atomic mass is 16.2. The van der Waals surface area contributed by atoms with Gasteiger partial charge >= 0.3 is 0 Å². The van der Waals surface area contributed by atoms with Crippen molar-refractivity contribution in [1.29, 1.82) is 5.26 Å². The zero-order valence-corrected chi connectivity index (χ0v) is 18.0. The summed E-state index contributed by atoms with van der Waals surface area (Å²) in [7, 11) is 0. The highest BCUT2D eigenvalue weighted by Gasteiger charge is 2.25. The number of carbonyl (C=O) groups excluding carboxylic acids is 2. The van der Waals surface area contributed by atoms with Crippen LogP contribution in [0.4, 0.5) is 5.69 Å². The van der Waals surface area contributed by atoms with Crippen LogP contribution >= 0.6 is 0 Å². The lowest BCUT2D eigenvalue weighted by atomic mass is 10.1. The monoisotopic (exact) mass is 404 g/mol. The summed E-state index contributed by atoms with van der Waals surface area (Å²) >= 11 is 0. The van der Waals surface area contributed by atoms with E-state index in [1.807, 2.05) is 26.0 Å². The van der Waals surface area contributed by atoms with Crippen LogP contribution in [-0.2, 0) is 11.3 Å². The van der Waals surface area contributed by atoms with Crippen molar-refractivity contribution in [1.82, 2.24) is 9.88 Å². The molecule has 0 aliphatic heterocycles. The summed E-state index contributed by atoms with van der Waals surface area (Å²) in [6, 6.07) is 11.0. The lowest BCUT2D eigenvalue weighted by molar-refractivity contribution is -0.112. The molecule has 2 amide bonds. The predicted molar refractivity (Wildman–Crippen MR) is 118 cm³/mol. The van der Waals surface area contributed by atoms with Gasteiger partial charge in [0.05, 0.1) is 11.3 Å². The summed E-state index contributed by atoms with van der Waals surface area (Å²) in [4.78, 5) is 25.3.